The van der Waals surface area contributed by atoms with Crippen molar-refractivity contribution in [3.63, 3.8) is 0 Å². The van der Waals surface area contributed by atoms with E-state index in [9.17, 15) is 0 Å². The van der Waals surface area contributed by atoms with Crippen LogP contribution in [-0.4, -0.2) is 40.1 Å². The number of hydrogen-bond donors (Lipinski definition) is 1. The molecule has 2 atom stereocenters. The Morgan fingerprint density at radius 1 is 1.43 bits per heavy atom. The maximum Gasteiger partial charge on any atom is 0.133 e. The first-order valence-corrected chi connectivity index (χ1v) is 8.27. The molecule has 1 aromatic rings. The van der Waals surface area contributed by atoms with Crippen LogP contribution in [0.1, 0.15) is 24.9 Å². The van der Waals surface area contributed by atoms with Crippen LogP contribution in [0.3, 0.4) is 0 Å². The summed E-state index contributed by atoms with van der Waals surface area (Å²) in [6.45, 7) is 5.94. The number of halogens is 1. The van der Waals surface area contributed by atoms with Crippen molar-refractivity contribution in [3.8, 4) is 5.75 Å². The van der Waals surface area contributed by atoms with Gasteiger partial charge in [-0.15, -0.1) is 0 Å². The highest BCUT2D eigenvalue weighted by Gasteiger charge is 2.26. The van der Waals surface area contributed by atoms with Crippen molar-refractivity contribution in [2.24, 2.45) is 5.92 Å². The summed E-state index contributed by atoms with van der Waals surface area (Å²) < 4.78 is 17.2. The molecule has 118 valence electrons. The van der Waals surface area contributed by atoms with Gasteiger partial charge < -0.3 is 19.5 Å². The first kappa shape index (κ1) is 16.7. The second-order valence-electron chi connectivity index (χ2n) is 5.19. The van der Waals surface area contributed by atoms with Crippen molar-refractivity contribution in [2.75, 3.05) is 40.1 Å². The molecule has 1 N–H and O–H groups in total. The van der Waals surface area contributed by atoms with Gasteiger partial charge in [0.15, 0.2) is 0 Å². The minimum atomic E-state index is 0.335. The number of methoxy groups -OCH3 is 1. The minimum absolute atomic E-state index is 0.335. The Balaban J connectivity index is 2.08. The van der Waals surface area contributed by atoms with Crippen molar-refractivity contribution in [3.05, 3.63) is 28.2 Å². The fourth-order valence-corrected chi connectivity index (χ4v) is 3.17. The molecule has 1 aromatic carbocycles. The molecule has 1 fully saturated rings. The Bertz CT molecular complexity index is 436. The number of rotatable bonds is 8. The van der Waals surface area contributed by atoms with Crippen LogP contribution < -0.4 is 10.1 Å². The molecule has 4 nitrogen and oxygen atoms in total. The summed E-state index contributed by atoms with van der Waals surface area (Å²) in [6, 6.07) is 6.64. The molecule has 0 saturated carbocycles. The van der Waals surface area contributed by atoms with E-state index in [1.165, 1.54) is 5.56 Å². The zero-order valence-electron chi connectivity index (χ0n) is 12.7. The van der Waals surface area contributed by atoms with Crippen LogP contribution in [-0.2, 0) is 9.47 Å². The quantitative estimate of drug-likeness (QED) is 0.725. The topological polar surface area (TPSA) is 39.7 Å². The molecule has 1 aliphatic rings. The molecular weight excluding hydrogens is 334 g/mol. The van der Waals surface area contributed by atoms with Crippen LogP contribution in [0.2, 0.25) is 0 Å². The van der Waals surface area contributed by atoms with Crippen LogP contribution >= 0.6 is 15.9 Å². The van der Waals surface area contributed by atoms with Crippen molar-refractivity contribution in [1.29, 1.82) is 0 Å². The number of ether oxygens (including phenoxy) is 3. The highest BCUT2D eigenvalue weighted by Crippen LogP contribution is 2.33. The van der Waals surface area contributed by atoms with Crippen LogP contribution in [0, 0.1) is 5.92 Å². The van der Waals surface area contributed by atoms with Crippen LogP contribution in [0.5, 0.6) is 5.75 Å². The number of benzene rings is 1. The maximum absolute atomic E-state index is 5.68. The second-order valence-corrected chi connectivity index (χ2v) is 6.04. The lowest BCUT2D eigenvalue weighted by Gasteiger charge is -2.24. The first-order chi connectivity index (χ1) is 10.3. The van der Waals surface area contributed by atoms with Crippen LogP contribution in [0.4, 0.5) is 0 Å². The predicted molar refractivity (Wildman–Crippen MR) is 86.9 cm³/mol. The highest BCUT2D eigenvalue weighted by atomic mass is 79.9. The Morgan fingerprint density at radius 2 is 2.29 bits per heavy atom. The molecule has 21 heavy (non-hydrogen) atoms. The van der Waals surface area contributed by atoms with Gasteiger partial charge in [0, 0.05) is 25.7 Å². The molecular formula is C16H24BrNO3. The van der Waals surface area contributed by atoms with Crippen LogP contribution in [0.25, 0.3) is 0 Å². The van der Waals surface area contributed by atoms with E-state index in [4.69, 9.17) is 14.2 Å². The molecule has 1 heterocycles. The third kappa shape index (κ3) is 4.68. The Labute approximate surface area is 135 Å². The smallest absolute Gasteiger partial charge is 0.133 e. The van der Waals surface area contributed by atoms with Gasteiger partial charge in [0.1, 0.15) is 12.4 Å². The molecule has 2 rings (SSSR count). The maximum atomic E-state index is 5.68. The predicted octanol–water partition coefficient (Wildman–Crippen LogP) is 3.16. The first-order valence-electron chi connectivity index (χ1n) is 7.48. The van der Waals surface area contributed by atoms with Crippen molar-refractivity contribution >= 4 is 15.9 Å². The molecule has 0 aliphatic carbocycles. The fourth-order valence-electron chi connectivity index (χ4n) is 2.65. The van der Waals surface area contributed by atoms with Gasteiger partial charge in [0.05, 0.1) is 17.7 Å². The lowest BCUT2D eigenvalue weighted by molar-refractivity contribution is 0.146. The van der Waals surface area contributed by atoms with E-state index in [0.717, 1.165) is 36.4 Å². The van der Waals surface area contributed by atoms with Crippen molar-refractivity contribution in [1.82, 2.24) is 5.32 Å². The molecule has 0 spiro atoms. The van der Waals surface area contributed by atoms with Gasteiger partial charge in [-0.1, -0.05) is 13.0 Å². The number of nitrogens with one attached hydrogen (secondary N) is 1. The van der Waals surface area contributed by atoms with E-state index in [-0.39, 0.29) is 0 Å². The molecule has 2 unspecified atom stereocenters. The zero-order valence-corrected chi connectivity index (χ0v) is 14.3. The highest BCUT2D eigenvalue weighted by molar-refractivity contribution is 9.10. The van der Waals surface area contributed by atoms with Gasteiger partial charge in [0.2, 0.25) is 0 Å². The van der Waals surface area contributed by atoms with Gasteiger partial charge in [0.25, 0.3) is 0 Å². The van der Waals surface area contributed by atoms with E-state index >= 15 is 0 Å². The lowest BCUT2D eigenvalue weighted by atomic mass is 9.92. The second kappa shape index (κ2) is 8.73. The van der Waals surface area contributed by atoms with E-state index in [2.05, 4.69) is 40.3 Å². The molecule has 1 saturated heterocycles. The lowest BCUT2D eigenvalue weighted by Crippen LogP contribution is -2.28. The number of hydrogen-bond acceptors (Lipinski definition) is 4. The fraction of sp³-hybridized carbons (Fsp3) is 0.625. The summed E-state index contributed by atoms with van der Waals surface area (Å²) in [4.78, 5) is 0. The zero-order chi connectivity index (χ0) is 15.1. The Morgan fingerprint density at radius 3 is 2.90 bits per heavy atom. The van der Waals surface area contributed by atoms with Crippen molar-refractivity contribution < 1.29 is 14.2 Å². The molecule has 0 aromatic heterocycles. The van der Waals surface area contributed by atoms with Gasteiger partial charge in [-0.3, -0.25) is 0 Å². The minimum Gasteiger partial charge on any atom is -0.490 e. The summed E-state index contributed by atoms with van der Waals surface area (Å²) in [5.41, 5.74) is 1.28. The molecule has 1 aliphatic heterocycles. The van der Waals surface area contributed by atoms with E-state index in [1.54, 1.807) is 7.11 Å². The largest absolute Gasteiger partial charge is 0.490 e. The van der Waals surface area contributed by atoms with E-state index in [0.29, 0.717) is 25.2 Å². The van der Waals surface area contributed by atoms with Crippen molar-refractivity contribution in [2.45, 2.75) is 19.4 Å². The summed E-state index contributed by atoms with van der Waals surface area (Å²) in [5, 5.41) is 3.58. The third-order valence-corrected chi connectivity index (χ3v) is 4.34. The van der Waals surface area contributed by atoms with Gasteiger partial charge in [-0.05, 0) is 46.6 Å². The Kier molecular flexibility index (Phi) is 6.96. The van der Waals surface area contributed by atoms with Gasteiger partial charge in [-0.25, -0.2) is 0 Å². The standard InChI is InChI=1S/C16H24BrNO3/c1-3-18-16(13-6-7-20-11-13)12-4-5-15(14(17)10-12)21-9-8-19-2/h4-5,10,13,16,18H,3,6-9,11H2,1-2H3. The SMILES string of the molecule is CCNC(c1ccc(OCCOC)c(Br)c1)C1CCOC1. The summed E-state index contributed by atoms with van der Waals surface area (Å²) >= 11 is 3.60. The molecule has 0 bridgehead atoms. The van der Waals surface area contributed by atoms with Crippen LogP contribution in [0.15, 0.2) is 22.7 Å². The summed E-state index contributed by atoms with van der Waals surface area (Å²) in [6.07, 6.45) is 1.11. The summed E-state index contributed by atoms with van der Waals surface area (Å²) in [5.74, 6) is 1.39. The summed E-state index contributed by atoms with van der Waals surface area (Å²) in [7, 11) is 1.67. The average Bonchev–Trinajstić information content (AvgIpc) is 3.00. The van der Waals surface area contributed by atoms with Gasteiger partial charge in [-0.2, -0.15) is 0 Å². The molecule has 0 radical (unpaired) electrons. The molecule has 5 heteroatoms. The normalized spacial score (nSPS) is 19.7. The van der Waals surface area contributed by atoms with E-state index < -0.39 is 0 Å². The Hall–Kier alpha value is -0.620. The van der Waals surface area contributed by atoms with Gasteiger partial charge >= 0.3 is 0 Å². The molecule has 0 amide bonds. The van der Waals surface area contributed by atoms with E-state index in [1.807, 2.05) is 6.07 Å². The monoisotopic (exact) mass is 357 g/mol. The average molecular weight is 358 g/mol. The third-order valence-electron chi connectivity index (χ3n) is 3.72.